The molecule has 0 spiro atoms. The summed E-state index contributed by atoms with van der Waals surface area (Å²) >= 11 is 0. The summed E-state index contributed by atoms with van der Waals surface area (Å²) in [5.41, 5.74) is 2.44. The molecule has 5 heteroatoms. The standard InChI is InChI=1S/C24H36N4O/c1-17(2)22-14-20(18(3)13-21(22)16-25-11-12-28(4)5)15-23-26-27-24(29-23)19-9-7-6-8-10-19/h6-10,13,17,20-22,25H,11-12,14-16H2,1-5H3. The lowest BCUT2D eigenvalue weighted by Gasteiger charge is -2.37. The molecule has 1 N–H and O–H groups in total. The summed E-state index contributed by atoms with van der Waals surface area (Å²) in [5.74, 6) is 3.76. The van der Waals surface area contributed by atoms with E-state index in [-0.39, 0.29) is 0 Å². The third-order valence-corrected chi connectivity index (χ3v) is 6.11. The van der Waals surface area contributed by atoms with Crippen LogP contribution in [0.5, 0.6) is 0 Å². The number of hydrogen-bond donors (Lipinski definition) is 1. The van der Waals surface area contributed by atoms with Crippen LogP contribution in [-0.4, -0.2) is 48.8 Å². The monoisotopic (exact) mass is 396 g/mol. The fourth-order valence-corrected chi connectivity index (χ4v) is 4.32. The molecule has 0 saturated carbocycles. The van der Waals surface area contributed by atoms with Gasteiger partial charge >= 0.3 is 0 Å². The van der Waals surface area contributed by atoms with Gasteiger partial charge in [0.1, 0.15) is 0 Å². The number of benzene rings is 1. The number of rotatable bonds is 9. The van der Waals surface area contributed by atoms with Gasteiger partial charge in [-0.15, -0.1) is 10.2 Å². The lowest BCUT2D eigenvalue weighted by molar-refractivity contribution is 0.217. The molecule has 1 aliphatic rings. The molecule has 1 aromatic heterocycles. The second kappa shape index (κ2) is 10.2. The zero-order valence-corrected chi connectivity index (χ0v) is 18.6. The van der Waals surface area contributed by atoms with Gasteiger partial charge in [-0.1, -0.05) is 43.7 Å². The third-order valence-electron chi connectivity index (χ3n) is 6.11. The van der Waals surface area contributed by atoms with Crippen LogP contribution in [0.4, 0.5) is 0 Å². The van der Waals surface area contributed by atoms with Crippen molar-refractivity contribution in [3.63, 3.8) is 0 Å². The minimum absolute atomic E-state index is 0.476. The fraction of sp³-hybridized carbons (Fsp3) is 0.583. The molecule has 3 unspecified atom stereocenters. The highest BCUT2D eigenvalue weighted by atomic mass is 16.4. The molecular formula is C24H36N4O. The lowest BCUT2D eigenvalue weighted by atomic mass is 9.70. The van der Waals surface area contributed by atoms with Gasteiger partial charge in [0.2, 0.25) is 11.8 Å². The second-order valence-electron chi connectivity index (χ2n) is 8.99. The molecule has 2 aromatic rings. The van der Waals surface area contributed by atoms with Gasteiger partial charge in [-0.05, 0) is 63.2 Å². The maximum Gasteiger partial charge on any atom is 0.247 e. The van der Waals surface area contributed by atoms with Crippen molar-refractivity contribution in [1.29, 1.82) is 0 Å². The Morgan fingerprint density at radius 3 is 2.62 bits per heavy atom. The Hall–Kier alpha value is -1.98. The quantitative estimate of drug-likeness (QED) is 0.506. The van der Waals surface area contributed by atoms with Gasteiger partial charge in [0.25, 0.3) is 0 Å². The molecule has 0 radical (unpaired) electrons. The Bertz CT molecular complexity index is 781. The first kappa shape index (κ1) is 21.7. The molecule has 0 fully saturated rings. The zero-order chi connectivity index (χ0) is 20.8. The predicted octanol–water partition coefficient (Wildman–Crippen LogP) is 4.28. The van der Waals surface area contributed by atoms with E-state index >= 15 is 0 Å². The topological polar surface area (TPSA) is 54.2 Å². The van der Waals surface area contributed by atoms with E-state index < -0.39 is 0 Å². The molecule has 0 aliphatic heterocycles. The Labute approximate surface area is 175 Å². The number of nitrogens with zero attached hydrogens (tertiary/aromatic N) is 3. The SMILES string of the molecule is CC1=CC(CNCCN(C)C)C(C(C)C)CC1Cc1nnc(-c2ccccc2)o1. The van der Waals surface area contributed by atoms with E-state index in [1.807, 2.05) is 30.3 Å². The van der Waals surface area contributed by atoms with Crippen molar-refractivity contribution in [1.82, 2.24) is 20.4 Å². The summed E-state index contributed by atoms with van der Waals surface area (Å²) in [4.78, 5) is 2.22. The van der Waals surface area contributed by atoms with Crippen LogP contribution in [0.15, 0.2) is 46.4 Å². The first-order valence-electron chi connectivity index (χ1n) is 10.9. The van der Waals surface area contributed by atoms with Crippen LogP contribution in [0.1, 0.15) is 33.1 Å². The summed E-state index contributed by atoms with van der Waals surface area (Å²) in [6.07, 6.45) is 4.51. The van der Waals surface area contributed by atoms with Crippen LogP contribution in [0.3, 0.4) is 0 Å². The van der Waals surface area contributed by atoms with E-state index in [4.69, 9.17) is 4.42 Å². The zero-order valence-electron chi connectivity index (χ0n) is 18.6. The number of nitrogens with one attached hydrogen (secondary N) is 1. The van der Waals surface area contributed by atoms with E-state index in [9.17, 15) is 0 Å². The van der Waals surface area contributed by atoms with Crippen LogP contribution < -0.4 is 5.32 Å². The molecule has 0 saturated heterocycles. The minimum atomic E-state index is 0.476. The van der Waals surface area contributed by atoms with Crippen LogP contribution in [-0.2, 0) is 6.42 Å². The van der Waals surface area contributed by atoms with Crippen molar-refractivity contribution in [2.75, 3.05) is 33.7 Å². The highest BCUT2D eigenvalue weighted by Gasteiger charge is 2.32. The van der Waals surface area contributed by atoms with Crippen LogP contribution in [0.25, 0.3) is 11.5 Å². The molecule has 0 bridgehead atoms. The van der Waals surface area contributed by atoms with Crippen molar-refractivity contribution >= 4 is 0 Å². The summed E-state index contributed by atoms with van der Waals surface area (Å²) in [6.45, 7) is 10.1. The number of likely N-dealkylation sites (N-methyl/N-ethyl adjacent to an activating group) is 1. The highest BCUT2D eigenvalue weighted by molar-refractivity contribution is 5.51. The maximum absolute atomic E-state index is 5.98. The first-order valence-corrected chi connectivity index (χ1v) is 10.9. The number of allylic oxidation sites excluding steroid dienone is 1. The summed E-state index contributed by atoms with van der Waals surface area (Å²) in [5, 5.41) is 12.2. The molecule has 158 valence electrons. The molecule has 1 aliphatic carbocycles. The van der Waals surface area contributed by atoms with Gasteiger partial charge in [0, 0.05) is 31.6 Å². The summed E-state index contributed by atoms with van der Waals surface area (Å²) in [6, 6.07) is 9.99. The molecule has 1 aromatic carbocycles. The van der Waals surface area contributed by atoms with E-state index in [0.29, 0.717) is 29.6 Å². The lowest BCUT2D eigenvalue weighted by Crippen LogP contribution is -2.37. The van der Waals surface area contributed by atoms with Crippen molar-refractivity contribution in [2.24, 2.45) is 23.7 Å². The normalized spacial score (nSPS) is 22.3. The maximum atomic E-state index is 5.98. The molecule has 29 heavy (non-hydrogen) atoms. The van der Waals surface area contributed by atoms with Gasteiger partial charge in [0.05, 0.1) is 0 Å². The van der Waals surface area contributed by atoms with Crippen molar-refractivity contribution in [3.8, 4) is 11.5 Å². The van der Waals surface area contributed by atoms with E-state index in [1.165, 1.54) is 12.0 Å². The smallest absolute Gasteiger partial charge is 0.247 e. The largest absolute Gasteiger partial charge is 0.421 e. The number of aromatic nitrogens is 2. The van der Waals surface area contributed by atoms with Crippen LogP contribution in [0, 0.1) is 23.7 Å². The Balaban J connectivity index is 1.64. The Morgan fingerprint density at radius 1 is 1.17 bits per heavy atom. The predicted molar refractivity (Wildman–Crippen MR) is 119 cm³/mol. The highest BCUT2D eigenvalue weighted by Crippen LogP contribution is 2.38. The van der Waals surface area contributed by atoms with Crippen molar-refractivity contribution in [3.05, 3.63) is 47.9 Å². The van der Waals surface area contributed by atoms with Gasteiger partial charge < -0.3 is 14.6 Å². The molecule has 5 nitrogen and oxygen atoms in total. The first-order chi connectivity index (χ1) is 13.9. The van der Waals surface area contributed by atoms with E-state index in [2.05, 4.69) is 61.4 Å². The Kier molecular flexibility index (Phi) is 7.62. The molecule has 3 rings (SSSR count). The van der Waals surface area contributed by atoms with Gasteiger partial charge in [-0.25, -0.2) is 0 Å². The summed E-state index contributed by atoms with van der Waals surface area (Å²) in [7, 11) is 4.24. The fourth-order valence-electron chi connectivity index (χ4n) is 4.32. The molecule has 1 heterocycles. The van der Waals surface area contributed by atoms with E-state index in [1.54, 1.807) is 0 Å². The van der Waals surface area contributed by atoms with Gasteiger partial charge in [-0.2, -0.15) is 0 Å². The molecule has 3 atom stereocenters. The second-order valence-corrected chi connectivity index (χ2v) is 8.99. The number of hydrogen-bond acceptors (Lipinski definition) is 5. The summed E-state index contributed by atoms with van der Waals surface area (Å²) < 4.78 is 5.98. The van der Waals surface area contributed by atoms with Crippen molar-refractivity contribution < 1.29 is 4.42 Å². The van der Waals surface area contributed by atoms with Crippen LogP contribution in [0.2, 0.25) is 0 Å². The average molecular weight is 397 g/mol. The average Bonchev–Trinajstić information content (AvgIpc) is 3.16. The van der Waals surface area contributed by atoms with Crippen molar-refractivity contribution in [2.45, 2.75) is 33.6 Å². The van der Waals surface area contributed by atoms with E-state index in [0.717, 1.165) is 37.5 Å². The van der Waals surface area contributed by atoms with Crippen LogP contribution >= 0.6 is 0 Å². The third kappa shape index (κ3) is 6.00. The van der Waals surface area contributed by atoms with Gasteiger partial charge in [-0.3, -0.25) is 0 Å². The minimum Gasteiger partial charge on any atom is -0.421 e. The van der Waals surface area contributed by atoms with Gasteiger partial charge in [0.15, 0.2) is 0 Å². The Morgan fingerprint density at radius 2 is 1.93 bits per heavy atom. The molecular weight excluding hydrogens is 360 g/mol. The molecule has 0 amide bonds.